The Morgan fingerprint density at radius 3 is 3.05 bits per heavy atom. The molecule has 1 heterocycles. The zero-order valence-electron chi connectivity index (χ0n) is 11.0. The average molecular weight is 311 g/mol. The molecule has 0 aliphatic heterocycles. The van der Waals surface area contributed by atoms with Gasteiger partial charge in [0.1, 0.15) is 0 Å². The lowest BCUT2D eigenvalue weighted by Crippen LogP contribution is -2.13. The van der Waals surface area contributed by atoms with Crippen molar-refractivity contribution in [3.63, 3.8) is 0 Å². The summed E-state index contributed by atoms with van der Waals surface area (Å²) in [4.78, 5) is 12.9. The van der Waals surface area contributed by atoms with Crippen molar-refractivity contribution in [2.45, 2.75) is 11.3 Å². The molecule has 1 amide bonds. The van der Waals surface area contributed by atoms with Crippen molar-refractivity contribution in [3.05, 3.63) is 35.6 Å². The minimum atomic E-state index is -0.0876. The molecule has 2 aromatic rings. The van der Waals surface area contributed by atoms with Crippen LogP contribution in [0.3, 0.4) is 0 Å². The number of carbonyl (C=O) groups excluding carboxylic acids is 1. The molecule has 0 aliphatic rings. The van der Waals surface area contributed by atoms with Gasteiger partial charge in [-0.1, -0.05) is 11.6 Å². The first-order valence-electron chi connectivity index (χ1n) is 6.01. The normalized spacial score (nSPS) is 10.5. The van der Waals surface area contributed by atoms with Crippen LogP contribution in [0.1, 0.15) is 6.42 Å². The van der Waals surface area contributed by atoms with Crippen molar-refractivity contribution in [2.75, 3.05) is 16.8 Å². The Bertz CT molecular complexity index is 614. The predicted octanol–water partition coefficient (Wildman–Crippen LogP) is 2.78. The number of nitrogens with two attached hydrogens (primary N) is 1. The number of anilines is 2. The van der Waals surface area contributed by atoms with Crippen molar-refractivity contribution < 1.29 is 4.79 Å². The first-order chi connectivity index (χ1) is 9.54. The third-order valence-corrected chi connectivity index (χ3v) is 3.76. The molecule has 0 atom stereocenters. The Labute approximate surface area is 126 Å². The van der Waals surface area contributed by atoms with Crippen molar-refractivity contribution in [3.8, 4) is 0 Å². The number of hydrogen-bond acceptors (Lipinski definition) is 4. The Kier molecular flexibility index (Phi) is 4.92. The second kappa shape index (κ2) is 6.67. The van der Waals surface area contributed by atoms with Gasteiger partial charge in [0.2, 0.25) is 5.91 Å². The molecule has 0 radical (unpaired) electrons. The van der Waals surface area contributed by atoms with Crippen LogP contribution >= 0.6 is 23.4 Å². The maximum Gasteiger partial charge on any atom is 0.225 e. The molecular formula is C13H15ClN4OS. The number of carbonyl (C=O) groups is 1. The third kappa shape index (κ3) is 4.18. The molecule has 3 N–H and O–H groups in total. The molecule has 1 aromatic carbocycles. The molecule has 5 nitrogen and oxygen atoms in total. The summed E-state index contributed by atoms with van der Waals surface area (Å²) in [7, 11) is 1.86. The molecule has 0 spiro atoms. The zero-order valence-corrected chi connectivity index (χ0v) is 12.5. The summed E-state index contributed by atoms with van der Waals surface area (Å²) in [6.45, 7) is 0. The highest BCUT2D eigenvalue weighted by molar-refractivity contribution is 7.99. The smallest absolute Gasteiger partial charge is 0.225 e. The second-order valence-corrected chi connectivity index (χ2v) is 5.83. The van der Waals surface area contributed by atoms with Gasteiger partial charge in [-0.2, -0.15) is 5.10 Å². The fourth-order valence-electron chi connectivity index (χ4n) is 1.58. The summed E-state index contributed by atoms with van der Waals surface area (Å²) in [6, 6.07) is 5.00. The van der Waals surface area contributed by atoms with Gasteiger partial charge in [0.25, 0.3) is 0 Å². The molecule has 106 valence electrons. The van der Waals surface area contributed by atoms with E-state index in [1.165, 1.54) is 0 Å². The van der Waals surface area contributed by atoms with Crippen molar-refractivity contribution in [1.29, 1.82) is 0 Å². The van der Waals surface area contributed by atoms with E-state index in [0.717, 1.165) is 4.90 Å². The number of aryl methyl sites for hydroxylation is 1. The molecule has 0 saturated carbocycles. The molecular weight excluding hydrogens is 296 g/mol. The maximum atomic E-state index is 11.8. The van der Waals surface area contributed by atoms with Crippen LogP contribution in [0.4, 0.5) is 11.4 Å². The highest BCUT2D eigenvalue weighted by Gasteiger charge is 2.06. The van der Waals surface area contributed by atoms with Crippen LogP contribution in [0.2, 0.25) is 5.02 Å². The lowest BCUT2D eigenvalue weighted by Gasteiger charge is -2.08. The number of nitrogens with zero attached hydrogens (tertiary/aromatic N) is 2. The van der Waals surface area contributed by atoms with E-state index in [1.54, 1.807) is 40.8 Å². The van der Waals surface area contributed by atoms with E-state index in [0.29, 0.717) is 28.6 Å². The van der Waals surface area contributed by atoms with E-state index in [-0.39, 0.29) is 5.91 Å². The van der Waals surface area contributed by atoms with Crippen molar-refractivity contribution in [2.24, 2.45) is 7.05 Å². The largest absolute Gasteiger partial charge is 0.397 e. The first kappa shape index (κ1) is 14.7. The molecule has 0 aliphatic carbocycles. The number of nitrogens with one attached hydrogen (secondary N) is 1. The van der Waals surface area contributed by atoms with Gasteiger partial charge in [-0.15, -0.1) is 11.8 Å². The Balaban J connectivity index is 1.82. The van der Waals surface area contributed by atoms with Crippen molar-refractivity contribution >= 4 is 40.6 Å². The summed E-state index contributed by atoms with van der Waals surface area (Å²) < 4.78 is 1.73. The van der Waals surface area contributed by atoms with E-state index >= 15 is 0 Å². The van der Waals surface area contributed by atoms with Gasteiger partial charge in [0.05, 0.1) is 17.6 Å². The quantitative estimate of drug-likeness (QED) is 0.658. The Morgan fingerprint density at radius 1 is 1.55 bits per heavy atom. The van der Waals surface area contributed by atoms with Gasteiger partial charge in [0, 0.05) is 35.3 Å². The summed E-state index contributed by atoms with van der Waals surface area (Å²) in [5, 5.41) is 7.37. The number of amides is 1. The van der Waals surface area contributed by atoms with E-state index < -0.39 is 0 Å². The summed E-state index contributed by atoms with van der Waals surface area (Å²) in [5.41, 5.74) is 6.82. The molecule has 7 heteroatoms. The summed E-state index contributed by atoms with van der Waals surface area (Å²) in [5.74, 6) is 0.591. The maximum absolute atomic E-state index is 11.8. The number of nitrogen functional groups attached to an aromatic ring is 1. The third-order valence-electron chi connectivity index (χ3n) is 2.57. The standard InChI is InChI=1S/C13H15ClN4OS/c1-18-8-10(7-16-18)20-5-4-13(19)17-12-6-9(14)2-3-11(12)15/h2-3,6-8H,4-5,15H2,1H3,(H,17,19). The summed E-state index contributed by atoms with van der Waals surface area (Å²) in [6.07, 6.45) is 4.08. The molecule has 0 fully saturated rings. The van der Waals surface area contributed by atoms with E-state index in [2.05, 4.69) is 10.4 Å². The van der Waals surface area contributed by atoms with Gasteiger partial charge in [-0.05, 0) is 18.2 Å². The fourth-order valence-corrected chi connectivity index (χ4v) is 2.63. The van der Waals surface area contributed by atoms with Crippen LogP contribution in [0.5, 0.6) is 0 Å². The highest BCUT2D eigenvalue weighted by Crippen LogP contribution is 2.23. The molecule has 20 heavy (non-hydrogen) atoms. The lowest BCUT2D eigenvalue weighted by atomic mass is 10.2. The van der Waals surface area contributed by atoms with E-state index in [1.807, 2.05) is 13.2 Å². The number of rotatable bonds is 5. The Hall–Kier alpha value is -1.66. The van der Waals surface area contributed by atoms with Gasteiger partial charge < -0.3 is 11.1 Å². The molecule has 0 bridgehead atoms. The minimum absolute atomic E-state index is 0.0876. The topological polar surface area (TPSA) is 72.9 Å². The second-order valence-electron chi connectivity index (χ2n) is 4.23. The SMILES string of the molecule is Cn1cc(SCCC(=O)Nc2cc(Cl)ccc2N)cn1. The van der Waals surface area contributed by atoms with Gasteiger partial charge in [-0.3, -0.25) is 9.48 Å². The van der Waals surface area contributed by atoms with E-state index in [9.17, 15) is 4.79 Å². The van der Waals surface area contributed by atoms with Crippen LogP contribution in [0.25, 0.3) is 0 Å². The van der Waals surface area contributed by atoms with Crippen molar-refractivity contribution in [1.82, 2.24) is 9.78 Å². The number of hydrogen-bond donors (Lipinski definition) is 2. The van der Waals surface area contributed by atoms with Crippen LogP contribution in [0.15, 0.2) is 35.5 Å². The predicted molar refractivity (Wildman–Crippen MR) is 83.0 cm³/mol. The lowest BCUT2D eigenvalue weighted by molar-refractivity contribution is -0.115. The van der Waals surface area contributed by atoms with Crippen LogP contribution in [-0.2, 0) is 11.8 Å². The molecule has 2 rings (SSSR count). The molecule has 0 saturated heterocycles. The number of halogens is 1. The number of benzene rings is 1. The zero-order chi connectivity index (χ0) is 14.5. The fraction of sp³-hybridized carbons (Fsp3) is 0.231. The van der Waals surface area contributed by atoms with E-state index in [4.69, 9.17) is 17.3 Å². The van der Waals surface area contributed by atoms with Crippen LogP contribution in [-0.4, -0.2) is 21.4 Å². The average Bonchev–Trinajstić information content (AvgIpc) is 2.80. The summed E-state index contributed by atoms with van der Waals surface area (Å²) >= 11 is 7.45. The molecule has 0 unspecified atom stereocenters. The van der Waals surface area contributed by atoms with Gasteiger partial charge in [-0.25, -0.2) is 0 Å². The monoisotopic (exact) mass is 310 g/mol. The minimum Gasteiger partial charge on any atom is -0.397 e. The first-order valence-corrected chi connectivity index (χ1v) is 7.37. The van der Waals surface area contributed by atoms with Crippen LogP contribution < -0.4 is 11.1 Å². The molecule has 1 aromatic heterocycles. The highest BCUT2D eigenvalue weighted by atomic mass is 35.5. The Morgan fingerprint density at radius 2 is 2.35 bits per heavy atom. The van der Waals surface area contributed by atoms with Gasteiger partial charge in [0.15, 0.2) is 0 Å². The number of thioether (sulfide) groups is 1. The van der Waals surface area contributed by atoms with Crippen LogP contribution in [0, 0.1) is 0 Å². The van der Waals surface area contributed by atoms with Gasteiger partial charge >= 0.3 is 0 Å². The number of aromatic nitrogens is 2.